The summed E-state index contributed by atoms with van der Waals surface area (Å²) in [4.78, 5) is 4.22. The van der Waals surface area contributed by atoms with Crippen LogP contribution in [0.1, 0.15) is 43.6 Å². The molecule has 0 spiro atoms. The zero-order chi connectivity index (χ0) is 10.5. The van der Waals surface area contributed by atoms with Crippen molar-refractivity contribution in [1.29, 1.82) is 0 Å². The lowest BCUT2D eigenvalue weighted by Crippen LogP contribution is -2.21. The molecule has 82 valence electrons. The van der Waals surface area contributed by atoms with Crippen molar-refractivity contribution in [1.82, 2.24) is 4.98 Å². The van der Waals surface area contributed by atoms with Crippen molar-refractivity contribution < 1.29 is 0 Å². The molecule has 1 saturated carbocycles. The van der Waals surface area contributed by atoms with Crippen LogP contribution >= 0.6 is 0 Å². The fourth-order valence-corrected chi connectivity index (χ4v) is 2.70. The standard InChI is InChI=1S/C13H20N2/c14-9-11-5-2-1-3-7-13(11)12-6-4-8-15-10-12/h4,6,8,10-11,13H,1-3,5,7,9,14H2. The van der Waals surface area contributed by atoms with E-state index in [0.29, 0.717) is 11.8 Å². The molecule has 2 heteroatoms. The second-order valence-electron chi connectivity index (χ2n) is 4.53. The Labute approximate surface area is 91.9 Å². The van der Waals surface area contributed by atoms with Crippen molar-refractivity contribution in [3.8, 4) is 0 Å². The Kier molecular flexibility index (Phi) is 3.73. The van der Waals surface area contributed by atoms with Crippen molar-refractivity contribution in [3.05, 3.63) is 30.1 Å². The molecule has 1 aliphatic rings. The summed E-state index contributed by atoms with van der Waals surface area (Å²) in [6.45, 7) is 0.819. The first kappa shape index (κ1) is 10.6. The lowest BCUT2D eigenvalue weighted by molar-refractivity contribution is 0.407. The van der Waals surface area contributed by atoms with Crippen molar-refractivity contribution in [2.45, 2.75) is 38.0 Å². The molecule has 1 aromatic rings. The van der Waals surface area contributed by atoms with Crippen LogP contribution in [0.25, 0.3) is 0 Å². The molecule has 2 nitrogen and oxygen atoms in total. The lowest BCUT2D eigenvalue weighted by atomic mass is 9.83. The highest BCUT2D eigenvalue weighted by molar-refractivity contribution is 5.16. The first-order chi connectivity index (χ1) is 7.42. The van der Waals surface area contributed by atoms with E-state index in [1.165, 1.54) is 37.7 Å². The number of aromatic nitrogens is 1. The fraction of sp³-hybridized carbons (Fsp3) is 0.615. The number of rotatable bonds is 2. The summed E-state index contributed by atoms with van der Waals surface area (Å²) in [5, 5.41) is 0. The van der Waals surface area contributed by atoms with Gasteiger partial charge in [0.2, 0.25) is 0 Å². The molecule has 1 aliphatic carbocycles. The molecular formula is C13H20N2. The van der Waals surface area contributed by atoms with Crippen molar-refractivity contribution in [2.24, 2.45) is 11.7 Å². The van der Waals surface area contributed by atoms with Crippen molar-refractivity contribution in [2.75, 3.05) is 6.54 Å². The Balaban J connectivity index is 2.16. The molecule has 2 N–H and O–H groups in total. The Bertz CT molecular complexity index is 284. The largest absolute Gasteiger partial charge is 0.330 e. The molecule has 0 amide bonds. The van der Waals surface area contributed by atoms with E-state index in [2.05, 4.69) is 11.1 Å². The molecule has 1 heterocycles. The molecular weight excluding hydrogens is 184 g/mol. The molecule has 15 heavy (non-hydrogen) atoms. The maximum absolute atomic E-state index is 5.88. The fourth-order valence-electron chi connectivity index (χ4n) is 2.70. The molecule has 1 fully saturated rings. The average molecular weight is 204 g/mol. The van der Waals surface area contributed by atoms with Crippen LogP contribution in [0.4, 0.5) is 0 Å². The second kappa shape index (κ2) is 5.26. The summed E-state index contributed by atoms with van der Waals surface area (Å²) in [7, 11) is 0. The van der Waals surface area contributed by atoms with Crippen LogP contribution in [0.5, 0.6) is 0 Å². The van der Waals surface area contributed by atoms with Gasteiger partial charge in [-0.2, -0.15) is 0 Å². The number of hydrogen-bond donors (Lipinski definition) is 1. The highest BCUT2D eigenvalue weighted by atomic mass is 14.6. The first-order valence-electron chi connectivity index (χ1n) is 6.02. The number of nitrogens with two attached hydrogens (primary N) is 1. The van der Waals surface area contributed by atoms with Crippen LogP contribution in [0, 0.1) is 5.92 Å². The van der Waals surface area contributed by atoms with Crippen LogP contribution in [0.15, 0.2) is 24.5 Å². The molecule has 2 unspecified atom stereocenters. The van der Waals surface area contributed by atoms with Gasteiger partial charge in [-0.15, -0.1) is 0 Å². The van der Waals surface area contributed by atoms with E-state index in [1.54, 1.807) is 0 Å². The summed E-state index contributed by atoms with van der Waals surface area (Å²) in [5.41, 5.74) is 7.26. The van der Waals surface area contributed by atoms with Gasteiger partial charge in [-0.3, -0.25) is 4.98 Å². The monoisotopic (exact) mass is 204 g/mol. The van der Waals surface area contributed by atoms with Gasteiger partial charge in [-0.1, -0.05) is 25.3 Å². The predicted octanol–water partition coefficient (Wildman–Crippen LogP) is 2.70. The zero-order valence-corrected chi connectivity index (χ0v) is 9.23. The zero-order valence-electron chi connectivity index (χ0n) is 9.23. The van der Waals surface area contributed by atoms with Gasteiger partial charge in [0.05, 0.1) is 0 Å². The normalized spacial score (nSPS) is 27.3. The van der Waals surface area contributed by atoms with Crippen molar-refractivity contribution >= 4 is 0 Å². The third-order valence-corrected chi connectivity index (χ3v) is 3.57. The van der Waals surface area contributed by atoms with Gasteiger partial charge in [-0.25, -0.2) is 0 Å². The predicted molar refractivity (Wildman–Crippen MR) is 62.6 cm³/mol. The highest BCUT2D eigenvalue weighted by Crippen LogP contribution is 2.35. The molecule has 1 aromatic heterocycles. The highest BCUT2D eigenvalue weighted by Gasteiger charge is 2.23. The van der Waals surface area contributed by atoms with Gasteiger partial charge in [0.15, 0.2) is 0 Å². The maximum atomic E-state index is 5.88. The Morgan fingerprint density at radius 3 is 2.87 bits per heavy atom. The summed E-state index contributed by atoms with van der Waals surface area (Å²) < 4.78 is 0. The lowest BCUT2D eigenvalue weighted by Gasteiger charge is -2.23. The van der Waals surface area contributed by atoms with Gasteiger partial charge in [-0.05, 0) is 42.9 Å². The molecule has 0 saturated heterocycles. The van der Waals surface area contributed by atoms with E-state index in [9.17, 15) is 0 Å². The Morgan fingerprint density at radius 1 is 1.27 bits per heavy atom. The van der Waals surface area contributed by atoms with Gasteiger partial charge < -0.3 is 5.73 Å². The molecule has 0 radical (unpaired) electrons. The smallest absolute Gasteiger partial charge is 0.0302 e. The Hall–Kier alpha value is -0.890. The van der Waals surface area contributed by atoms with E-state index in [0.717, 1.165) is 6.54 Å². The van der Waals surface area contributed by atoms with E-state index < -0.39 is 0 Å². The third-order valence-electron chi connectivity index (χ3n) is 3.57. The summed E-state index contributed by atoms with van der Waals surface area (Å²) >= 11 is 0. The average Bonchev–Trinajstić information content (AvgIpc) is 2.55. The first-order valence-corrected chi connectivity index (χ1v) is 6.02. The van der Waals surface area contributed by atoms with Crippen LogP contribution in [-0.4, -0.2) is 11.5 Å². The minimum atomic E-state index is 0.645. The third kappa shape index (κ3) is 2.57. The van der Waals surface area contributed by atoms with Crippen LogP contribution in [0.3, 0.4) is 0 Å². The molecule has 2 atom stereocenters. The summed E-state index contributed by atoms with van der Waals surface area (Å²) in [6, 6.07) is 4.24. The molecule has 2 rings (SSSR count). The number of nitrogens with zero attached hydrogens (tertiary/aromatic N) is 1. The van der Waals surface area contributed by atoms with Gasteiger partial charge in [0.25, 0.3) is 0 Å². The summed E-state index contributed by atoms with van der Waals surface area (Å²) in [6.07, 6.45) is 10.5. The van der Waals surface area contributed by atoms with Crippen LogP contribution in [-0.2, 0) is 0 Å². The number of hydrogen-bond acceptors (Lipinski definition) is 2. The van der Waals surface area contributed by atoms with Gasteiger partial charge in [0.1, 0.15) is 0 Å². The summed E-state index contributed by atoms with van der Waals surface area (Å²) in [5.74, 6) is 1.31. The SMILES string of the molecule is NCC1CCCCCC1c1cccnc1. The quantitative estimate of drug-likeness (QED) is 0.752. The Morgan fingerprint density at radius 2 is 2.13 bits per heavy atom. The minimum Gasteiger partial charge on any atom is -0.330 e. The number of pyridine rings is 1. The van der Waals surface area contributed by atoms with E-state index in [-0.39, 0.29) is 0 Å². The topological polar surface area (TPSA) is 38.9 Å². The minimum absolute atomic E-state index is 0.645. The molecule has 0 bridgehead atoms. The molecule has 0 aromatic carbocycles. The van der Waals surface area contributed by atoms with E-state index in [4.69, 9.17) is 5.73 Å². The molecule has 0 aliphatic heterocycles. The van der Waals surface area contributed by atoms with Gasteiger partial charge in [0, 0.05) is 12.4 Å². The van der Waals surface area contributed by atoms with Crippen molar-refractivity contribution in [3.63, 3.8) is 0 Å². The van der Waals surface area contributed by atoms with Crippen LogP contribution < -0.4 is 5.73 Å². The van der Waals surface area contributed by atoms with Gasteiger partial charge >= 0.3 is 0 Å². The van der Waals surface area contributed by atoms with Crippen LogP contribution in [0.2, 0.25) is 0 Å². The maximum Gasteiger partial charge on any atom is 0.0302 e. The van der Waals surface area contributed by atoms with E-state index >= 15 is 0 Å². The van der Waals surface area contributed by atoms with E-state index in [1.807, 2.05) is 18.5 Å². The second-order valence-corrected chi connectivity index (χ2v) is 4.53.